The molecule has 1 N–H and O–H groups in total. The predicted octanol–water partition coefficient (Wildman–Crippen LogP) is 2.78. The minimum Gasteiger partial charge on any atom is -0.315 e. The van der Waals surface area contributed by atoms with Crippen molar-refractivity contribution in [3.05, 3.63) is 0 Å². The number of nitrogens with one attached hydrogen (secondary N) is 1. The fraction of sp³-hybridized carbons (Fsp3) is 1.00. The number of unbranched alkanes of at least 4 members (excludes halogenated alkanes) is 2. The second-order valence-electron chi connectivity index (χ2n) is 5.66. The van der Waals surface area contributed by atoms with E-state index >= 15 is 0 Å². The number of hydrogen-bond donors (Lipinski definition) is 1. The molecule has 0 spiro atoms. The van der Waals surface area contributed by atoms with Crippen LogP contribution in [0.25, 0.3) is 0 Å². The van der Waals surface area contributed by atoms with Gasteiger partial charge in [0.2, 0.25) is 0 Å². The van der Waals surface area contributed by atoms with Crippen LogP contribution in [0.15, 0.2) is 0 Å². The van der Waals surface area contributed by atoms with Crippen molar-refractivity contribution in [3.63, 3.8) is 0 Å². The normalized spacial score (nSPS) is 32.1. The van der Waals surface area contributed by atoms with Crippen molar-refractivity contribution in [3.8, 4) is 0 Å². The predicted molar refractivity (Wildman–Crippen MR) is 69.8 cm³/mol. The summed E-state index contributed by atoms with van der Waals surface area (Å²) >= 11 is 0. The van der Waals surface area contributed by atoms with E-state index in [-0.39, 0.29) is 0 Å². The van der Waals surface area contributed by atoms with Gasteiger partial charge in [0.05, 0.1) is 0 Å². The van der Waals surface area contributed by atoms with Crippen LogP contribution in [0, 0.1) is 0 Å². The molecule has 2 fully saturated rings. The summed E-state index contributed by atoms with van der Waals surface area (Å²) in [5, 5.41) is 3.60. The van der Waals surface area contributed by atoms with Crippen LogP contribution in [0.1, 0.15) is 58.3 Å². The summed E-state index contributed by atoms with van der Waals surface area (Å²) in [6.45, 7) is 7.50. The Morgan fingerprint density at radius 1 is 1.12 bits per heavy atom. The van der Waals surface area contributed by atoms with Gasteiger partial charge in [0.15, 0.2) is 0 Å². The van der Waals surface area contributed by atoms with Crippen LogP contribution in [0.2, 0.25) is 0 Å². The van der Waals surface area contributed by atoms with E-state index in [1.807, 2.05) is 0 Å². The Kier molecular flexibility index (Phi) is 4.66. The minimum absolute atomic E-state index is 0.537. The monoisotopic (exact) mass is 224 g/mol. The molecule has 0 radical (unpaired) electrons. The molecular formula is C14H28N2. The standard InChI is InChI=1S/C14H28N2/c1-2-3-5-8-14(9-10-15-13-14)16-11-6-4-7-12-16/h15H,2-13H2,1H3. The lowest BCUT2D eigenvalue weighted by molar-refractivity contribution is 0.0713. The lowest BCUT2D eigenvalue weighted by Gasteiger charge is -2.43. The van der Waals surface area contributed by atoms with E-state index in [2.05, 4.69) is 17.1 Å². The lowest BCUT2D eigenvalue weighted by Crippen LogP contribution is -2.52. The summed E-state index contributed by atoms with van der Waals surface area (Å²) in [5.41, 5.74) is 0.537. The van der Waals surface area contributed by atoms with Crippen LogP contribution in [-0.2, 0) is 0 Å². The van der Waals surface area contributed by atoms with Crippen molar-refractivity contribution >= 4 is 0 Å². The molecule has 2 rings (SSSR count). The topological polar surface area (TPSA) is 15.3 Å². The maximum absolute atomic E-state index is 3.60. The maximum Gasteiger partial charge on any atom is 0.0346 e. The molecule has 0 aromatic rings. The summed E-state index contributed by atoms with van der Waals surface area (Å²) in [5.74, 6) is 0. The van der Waals surface area contributed by atoms with Crippen LogP contribution < -0.4 is 5.32 Å². The van der Waals surface area contributed by atoms with Crippen molar-refractivity contribution in [1.29, 1.82) is 0 Å². The molecule has 2 saturated heterocycles. The summed E-state index contributed by atoms with van der Waals surface area (Å²) in [7, 11) is 0. The molecule has 2 heterocycles. The largest absolute Gasteiger partial charge is 0.315 e. The van der Waals surface area contributed by atoms with Gasteiger partial charge < -0.3 is 5.32 Å². The van der Waals surface area contributed by atoms with Gasteiger partial charge in [0.25, 0.3) is 0 Å². The van der Waals surface area contributed by atoms with Gasteiger partial charge in [0, 0.05) is 12.1 Å². The van der Waals surface area contributed by atoms with Crippen LogP contribution >= 0.6 is 0 Å². The summed E-state index contributed by atoms with van der Waals surface area (Å²) in [6, 6.07) is 0. The average Bonchev–Trinajstić information content (AvgIpc) is 2.81. The Morgan fingerprint density at radius 3 is 2.56 bits per heavy atom. The number of piperidine rings is 1. The molecule has 0 bridgehead atoms. The van der Waals surface area contributed by atoms with Crippen LogP contribution in [0.3, 0.4) is 0 Å². The van der Waals surface area contributed by atoms with Crippen LogP contribution in [-0.4, -0.2) is 36.6 Å². The lowest BCUT2D eigenvalue weighted by atomic mass is 9.87. The molecule has 0 aromatic heterocycles. The zero-order chi connectivity index (χ0) is 11.3. The van der Waals surface area contributed by atoms with Crippen molar-refractivity contribution in [1.82, 2.24) is 10.2 Å². The third-order valence-corrected chi connectivity index (χ3v) is 4.49. The average molecular weight is 224 g/mol. The molecular weight excluding hydrogens is 196 g/mol. The van der Waals surface area contributed by atoms with Crippen molar-refractivity contribution < 1.29 is 0 Å². The molecule has 0 saturated carbocycles. The quantitative estimate of drug-likeness (QED) is 0.722. The fourth-order valence-electron chi connectivity index (χ4n) is 3.44. The molecule has 1 atom stereocenters. The van der Waals surface area contributed by atoms with Gasteiger partial charge in [-0.1, -0.05) is 32.6 Å². The second kappa shape index (κ2) is 6.02. The number of rotatable bonds is 5. The maximum atomic E-state index is 3.60. The van der Waals surface area contributed by atoms with Gasteiger partial charge in [-0.3, -0.25) is 4.90 Å². The van der Waals surface area contributed by atoms with Gasteiger partial charge >= 0.3 is 0 Å². The number of likely N-dealkylation sites (tertiary alicyclic amines) is 1. The zero-order valence-electron chi connectivity index (χ0n) is 10.9. The van der Waals surface area contributed by atoms with E-state index in [1.165, 1.54) is 77.5 Å². The molecule has 0 aromatic carbocycles. The third kappa shape index (κ3) is 2.78. The van der Waals surface area contributed by atoms with E-state index in [1.54, 1.807) is 0 Å². The first kappa shape index (κ1) is 12.4. The molecule has 0 amide bonds. The van der Waals surface area contributed by atoms with E-state index < -0.39 is 0 Å². The van der Waals surface area contributed by atoms with Crippen LogP contribution in [0.4, 0.5) is 0 Å². The summed E-state index contributed by atoms with van der Waals surface area (Å²) in [6.07, 6.45) is 11.3. The molecule has 2 heteroatoms. The molecule has 16 heavy (non-hydrogen) atoms. The Bertz CT molecular complexity index is 191. The highest BCUT2D eigenvalue weighted by atomic mass is 15.2. The zero-order valence-corrected chi connectivity index (χ0v) is 10.9. The smallest absolute Gasteiger partial charge is 0.0346 e. The van der Waals surface area contributed by atoms with Gasteiger partial charge in [-0.05, 0) is 45.3 Å². The highest BCUT2D eigenvalue weighted by Crippen LogP contribution is 2.31. The SMILES string of the molecule is CCCCCC1(N2CCCCC2)CCNC1. The van der Waals surface area contributed by atoms with Crippen molar-refractivity contribution in [2.45, 2.75) is 63.8 Å². The second-order valence-corrected chi connectivity index (χ2v) is 5.66. The van der Waals surface area contributed by atoms with Crippen molar-refractivity contribution in [2.24, 2.45) is 0 Å². The first-order valence-corrected chi connectivity index (χ1v) is 7.33. The van der Waals surface area contributed by atoms with Gasteiger partial charge in [-0.15, -0.1) is 0 Å². The van der Waals surface area contributed by atoms with E-state index in [0.29, 0.717) is 5.54 Å². The van der Waals surface area contributed by atoms with E-state index in [0.717, 1.165) is 0 Å². The Labute approximate surface area is 101 Å². The minimum atomic E-state index is 0.537. The summed E-state index contributed by atoms with van der Waals surface area (Å²) < 4.78 is 0. The van der Waals surface area contributed by atoms with Gasteiger partial charge in [-0.25, -0.2) is 0 Å². The Morgan fingerprint density at radius 2 is 1.94 bits per heavy atom. The van der Waals surface area contributed by atoms with Gasteiger partial charge in [0.1, 0.15) is 0 Å². The molecule has 2 nitrogen and oxygen atoms in total. The molecule has 2 aliphatic heterocycles. The number of nitrogens with zero attached hydrogens (tertiary/aromatic N) is 1. The van der Waals surface area contributed by atoms with Crippen molar-refractivity contribution in [2.75, 3.05) is 26.2 Å². The van der Waals surface area contributed by atoms with Gasteiger partial charge in [-0.2, -0.15) is 0 Å². The van der Waals surface area contributed by atoms with E-state index in [9.17, 15) is 0 Å². The Hall–Kier alpha value is -0.0800. The highest BCUT2D eigenvalue weighted by Gasteiger charge is 2.38. The highest BCUT2D eigenvalue weighted by molar-refractivity contribution is 4.98. The fourth-order valence-corrected chi connectivity index (χ4v) is 3.44. The first-order chi connectivity index (χ1) is 7.87. The third-order valence-electron chi connectivity index (χ3n) is 4.49. The first-order valence-electron chi connectivity index (χ1n) is 7.33. The number of hydrogen-bond acceptors (Lipinski definition) is 2. The molecule has 94 valence electrons. The molecule has 1 unspecified atom stereocenters. The Balaban J connectivity index is 1.91. The van der Waals surface area contributed by atoms with Crippen LogP contribution in [0.5, 0.6) is 0 Å². The molecule has 2 aliphatic rings. The summed E-state index contributed by atoms with van der Waals surface area (Å²) in [4.78, 5) is 2.81. The molecule has 0 aliphatic carbocycles. The van der Waals surface area contributed by atoms with E-state index in [4.69, 9.17) is 0 Å².